The van der Waals surface area contributed by atoms with Gasteiger partial charge in [-0.05, 0) is 30.5 Å². The number of pyridine rings is 1. The summed E-state index contributed by atoms with van der Waals surface area (Å²) in [5.41, 5.74) is 3.36. The quantitative estimate of drug-likeness (QED) is 0.623. The Labute approximate surface area is 178 Å². The molecule has 1 aliphatic rings. The second kappa shape index (κ2) is 10.0. The predicted molar refractivity (Wildman–Crippen MR) is 121 cm³/mol. The van der Waals surface area contributed by atoms with E-state index in [0.29, 0.717) is 6.04 Å². The van der Waals surface area contributed by atoms with Gasteiger partial charge in [0.25, 0.3) is 0 Å². The average molecular weight is 406 g/mol. The minimum atomic E-state index is 0.228. The summed E-state index contributed by atoms with van der Waals surface area (Å²) in [6, 6.07) is 21.3. The van der Waals surface area contributed by atoms with Crippen LogP contribution in [0.3, 0.4) is 0 Å². The van der Waals surface area contributed by atoms with E-state index in [-0.39, 0.29) is 6.61 Å². The van der Waals surface area contributed by atoms with Crippen molar-refractivity contribution < 1.29 is 9.84 Å². The zero-order valence-electron chi connectivity index (χ0n) is 17.7. The molecular weight excluding hydrogens is 374 g/mol. The van der Waals surface area contributed by atoms with Crippen molar-refractivity contribution in [2.45, 2.75) is 25.4 Å². The van der Waals surface area contributed by atoms with Gasteiger partial charge in [0.1, 0.15) is 11.3 Å². The molecule has 0 amide bonds. The van der Waals surface area contributed by atoms with E-state index in [1.807, 2.05) is 12.1 Å². The summed E-state index contributed by atoms with van der Waals surface area (Å²) in [7, 11) is 1.69. The van der Waals surface area contributed by atoms with Crippen LogP contribution in [0.2, 0.25) is 0 Å². The highest BCUT2D eigenvalue weighted by molar-refractivity contribution is 5.84. The molecule has 1 fully saturated rings. The Kier molecular flexibility index (Phi) is 6.95. The van der Waals surface area contributed by atoms with E-state index in [2.05, 4.69) is 58.3 Å². The molecule has 1 aromatic heterocycles. The molecule has 5 nitrogen and oxygen atoms in total. The highest BCUT2D eigenvalue weighted by Gasteiger charge is 2.26. The fourth-order valence-electron chi connectivity index (χ4n) is 4.38. The highest BCUT2D eigenvalue weighted by Crippen LogP contribution is 2.24. The van der Waals surface area contributed by atoms with E-state index in [4.69, 9.17) is 9.72 Å². The summed E-state index contributed by atoms with van der Waals surface area (Å²) in [4.78, 5) is 9.88. The van der Waals surface area contributed by atoms with Gasteiger partial charge in [-0.15, -0.1) is 0 Å². The summed E-state index contributed by atoms with van der Waals surface area (Å²) in [5.74, 6) is 0.818. The number of nitrogens with zero attached hydrogens (tertiary/aromatic N) is 3. The Morgan fingerprint density at radius 2 is 1.90 bits per heavy atom. The fourth-order valence-corrected chi connectivity index (χ4v) is 4.38. The van der Waals surface area contributed by atoms with Crippen LogP contribution in [0.1, 0.15) is 17.7 Å². The van der Waals surface area contributed by atoms with Gasteiger partial charge in [0.15, 0.2) is 0 Å². The molecule has 4 rings (SSSR count). The molecule has 2 aromatic carbocycles. The van der Waals surface area contributed by atoms with Gasteiger partial charge in [-0.25, -0.2) is 4.98 Å². The minimum Gasteiger partial charge on any atom is -0.494 e. The van der Waals surface area contributed by atoms with Crippen molar-refractivity contribution >= 4 is 10.9 Å². The van der Waals surface area contributed by atoms with Crippen molar-refractivity contribution in [3.05, 3.63) is 71.9 Å². The average Bonchev–Trinajstić information content (AvgIpc) is 2.79. The smallest absolute Gasteiger partial charge is 0.145 e. The normalized spacial score (nSPS) is 18.0. The van der Waals surface area contributed by atoms with Crippen molar-refractivity contribution in [1.82, 2.24) is 14.8 Å². The maximum absolute atomic E-state index is 9.60. The second-order valence-electron chi connectivity index (χ2n) is 8.01. The van der Waals surface area contributed by atoms with Crippen LogP contribution in [0, 0.1) is 0 Å². The molecule has 0 spiro atoms. The fraction of sp³-hybridized carbons (Fsp3) is 0.400. The van der Waals surface area contributed by atoms with Crippen molar-refractivity contribution in [3.8, 4) is 5.75 Å². The Balaban J connectivity index is 1.40. The molecule has 0 bridgehead atoms. The van der Waals surface area contributed by atoms with E-state index in [0.717, 1.165) is 67.9 Å². The van der Waals surface area contributed by atoms with Crippen LogP contribution in [0.25, 0.3) is 10.9 Å². The Hall–Kier alpha value is -2.47. The number of ether oxygens (including phenoxy) is 1. The molecule has 0 saturated carbocycles. The van der Waals surface area contributed by atoms with Gasteiger partial charge < -0.3 is 9.84 Å². The number of hydrogen-bond donors (Lipinski definition) is 1. The lowest BCUT2D eigenvalue weighted by Gasteiger charge is -2.41. The van der Waals surface area contributed by atoms with E-state index in [9.17, 15) is 5.11 Å². The van der Waals surface area contributed by atoms with Gasteiger partial charge in [-0.1, -0.05) is 48.5 Å². The van der Waals surface area contributed by atoms with Gasteiger partial charge in [0, 0.05) is 50.8 Å². The molecule has 0 aliphatic carbocycles. The molecule has 1 saturated heterocycles. The first kappa shape index (κ1) is 20.8. The van der Waals surface area contributed by atoms with Crippen LogP contribution in [-0.2, 0) is 13.0 Å². The third kappa shape index (κ3) is 4.98. The molecule has 1 atom stereocenters. The van der Waals surface area contributed by atoms with E-state index in [1.54, 1.807) is 7.11 Å². The first-order valence-corrected chi connectivity index (χ1v) is 10.8. The lowest BCUT2D eigenvalue weighted by molar-refractivity contribution is 0.0556. The lowest BCUT2D eigenvalue weighted by Crippen LogP contribution is -2.53. The molecule has 1 N–H and O–H groups in total. The zero-order chi connectivity index (χ0) is 20.8. The summed E-state index contributed by atoms with van der Waals surface area (Å²) >= 11 is 0. The number of benzene rings is 2. The number of fused-ring (bicyclic) bond motifs is 1. The first-order chi connectivity index (χ1) is 14.8. The molecule has 5 heteroatoms. The van der Waals surface area contributed by atoms with Crippen molar-refractivity contribution in [2.24, 2.45) is 0 Å². The van der Waals surface area contributed by atoms with Gasteiger partial charge >= 0.3 is 0 Å². The third-order valence-electron chi connectivity index (χ3n) is 6.03. The molecule has 2 heterocycles. The molecule has 3 aromatic rings. The number of aliphatic hydroxyl groups is 1. The Morgan fingerprint density at radius 3 is 2.70 bits per heavy atom. The van der Waals surface area contributed by atoms with Gasteiger partial charge in [0.05, 0.1) is 12.8 Å². The van der Waals surface area contributed by atoms with Crippen LogP contribution in [0.15, 0.2) is 60.7 Å². The van der Waals surface area contributed by atoms with Gasteiger partial charge in [-0.2, -0.15) is 0 Å². The topological polar surface area (TPSA) is 48.8 Å². The third-order valence-corrected chi connectivity index (χ3v) is 6.03. The van der Waals surface area contributed by atoms with E-state index >= 15 is 0 Å². The molecule has 1 aliphatic heterocycles. The van der Waals surface area contributed by atoms with E-state index in [1.165, 1.54) is 5.56 Å². The number of piperazine rings is 1. The largest absolute Gasteiger partial charge is 0.494 e. The number of aliphatic hydroxyl groups excluding tert-OH is 1. The van der Waals surface area contributed by atoms with Crippen LogP contribution < -0.4 is 4.74 Å². The van der Waals surface area contributed by atoms with Crippen LogP contribution >= 0.6 is 0 Å². The maximum Gasteiger partial charge on any atom is 0.145 e. The van der Waals surface area contributed by atoms with Crippen molar-refractivity contribution in [3.63, 3.8) is 0 Å². The Bertz CT molecular complexity index is 948. The molecule has 30 heavy (non-hydrogen) atoms. The summed E-state index contributed by atoms with van der Waals surface area (Å²) < 4.78 is 5.49. The monoisotopic (exact) mass is 405 g/mol. The maximum atomic E-state index is 9.60. The molecule has 0 unspecified atom stereocenters. The number of para-hydroxylation sites is 1. The first-order valence-electron chi connectivity index (χ1n) is 10.8. The summed E-state index contributed by atoms with van der Waals surface area (Å²) in [6.07, 6.45) is 1.86. The molecule has 0 radical (unpaired) electrons. The zero-order valence-corrected chi connectivity index (χ0v) is 17.7. The van der Waals surface area contributed by atoms with Crippen LogP contribution in [0.5, 0.6) is 5.75 Å². The number of hydrogen-bond acceptors (Lipinski definition) is 5. The van der Waals surface area contributed by atoms with Gasteiger partial charge in [0.2, 0.25) is 0 Å². The molecule has 158 valence electrons. The number of methoxy groups -OCH3 is 1. The minimum absolute atomic E-state index is 0.228. The second-order valence-corrected chi connectivity index (χ2v) is 8.01. The lowest BCUT2D eigenvalue weighted by atomic mass is 10.1. The number of rotatable bonds is 8. The number of aromatic nitrogens is 1. The van der Waals surface area contributed by atoms with Crippen LogP contribution in [0.4, 0.5) is 0 Å². The predicted octanol–water partition coefficient (Wildman–Crippen LogP) is 3.35. The summed E-state index contributed by atoms with van der Waals surface area (Å²) in [5, 5.41) is 10.7. The SMILES string of the molecule is COc1cccc2ccc(CN3CCN(CCc4ccccc4)[C@H](CCO)C3)nc12. The van der Waals surface area contributed by atoms with Crippen LogP contribution in [-0.4, -0.2) is 65.8 Å². The van der Waals surface area contributed by atoms with E-state index < -0.39 is 0 Å². The Morgan fingerprint density at radius 1 is 1.03 bits per heavy atom. The van der Waals surface area contributed by atoms with Gasteiger partial charge in [-0.3, -0.25) is 9.80 Å². The van der Waals surface area contributed by atoms with Crippen molar-refractivity contribution in [1.29, 1.82) is 0 Å². The molecular formula is C25H31N3O2. The summed E-state index contributed by atoms with van der Waals surface area (Å²) in [6.45, 7) is 5.08. The standard InChI is InChI=1S/C25H31N3O2/c1-30-24-9-5-8-21-10-11-22(26-25(21)24)18-27-15-16-28(23(19-27)13-17-29)14-12-20-6-3-2-4-7-20/h2-11,23,29H,12-19H2,1H3/t23-/m1/s1. The van der Waals surface area contributed by atoms with Crippen molar-refractivity contribution in [2.75, 3.05) is 39.9 Å². The highest BCUT2D eigenvalue weighted by atomic mass is 16.5.